The SMILES string of the molecule is Cc1oc(C(=O)O)cc1COc1ccc2c(-c3ccccc3)cc(=O)oc2c1C. The number of carbonyl (C=O) groups is 1. The number of aromatic carboxylic acids is 1. The van der Waals surface area contributed by atoms with Crippen LogP contribution in [0.3, 0.4) is 0 Å². The summed E-state index contributed by atoms with van der Waals surface area (Å²) in [7, 11) is 0. The number of furan rings is 1. The Labute approximate surface area is 166 Å². The van der Waals surface area contributed by atoms with E-state index in [1.807, 2.05) is 49.4 Å². The van der Waals surface area contributed by atoms with Crippen molar-refractivity contribution in [3.63, 3.8) is 0 Å². The predicted molar refractivity (Wildman–Crippen MR) is 107 cm³/mol. The number of hydrogen-bond acceptors (Lipinski definition) is 5. The van der Waals surface area contributed by atoms with Gasteiger partial charge in [-0.05, 0) is 43.2 Å². The zero-order chi connectivity index (χ0) is 20.5. The first-order chi connectivity index (χ1) is 13.9. The molecule has 0 saturated heterocycles. The van der Waals surface area contributed by atoms with Crippen molar-refractivity contribution in [2.45, 2.75) is 20.5 Å². The summed E-state index contributed by atoms with van der Waals surface area (Å²) in [6.45, 7) is 3.64. The number of rotatable bonds is 5. The topological polar surface area (TPSA) is 89.9 Å². The summed E-state index contributed by atoms with van der Waals surface area (Å²) in [6, 6.07) is 16.2. The molecule has 6 nitrogen and oxygen atoms in total. The highest BCUT2D eigenvalue weighted by molar-refractivity contribution is 5.95. The maximum Gasteiger partial charge on any atom is 0.371 e. The van der Waals surface area contributed by atoms with Crippen LogP contribution in [-0.2, 0) is 6.61 Å². The van der Waals surface area contributed by atoms with Crippen LogP contribution in [0.2, 0.25) is 0 Å². The molecule has 6 heteroatoms. The van der Waals surface area contributed by atoms with E-state index in [1.54, 1.807) is 6.92 Å². The molecule has 0 amide bonds. The molecule has 1 N–H and O–H groups in total. The van der Waals surface area contributed by atoms with E-state index in [9.17, 15) is 9.59 Å². The van der Waals surface area contributed by atoms with Crippen molar-refractivity contribution >= 4 is 16.9 Å². The third kappa shape index (κ3) is 3.52. The molecule has 0 aliphatic carbocycles. The molecule has 0 aliphatic rings. The maximum atomic E-state index is 12.2. The fourth-order valence-corrected chi connectivity index (χ4v) is 3.28. The Morgan fingerprint density at radius 1 is 1.03 bits per heavy atom. The number of fused-ring (bicyclic) bond motifs is 1. The number of carboxylic acids is 1. The van der Waals surface area contributed by atoms with Crippen LogP contribution in [0.5, 0.6) is 5.75 Å². The largest absolute Gasteiger partial charge is 0.488 e. The van der Waals surface area contributed by atoms with Crippen molar-refractivity contribution in [1.82, 2.24) is 0 Å². The van der Waals surface area contributed by atoms with Crippen LogP contribution in [0.15, 0.2) is 68.2 Å². The Hall–Kier alpha value is -3.80. The van der Waals surface area contributed by atoms with Gasteiger partial charge in [0.25, 0.3) is 0 Å². The van der Waals surface area contributed by atoms with Gasteiger partial charge in [0.05, 0.1) is 0 Å². The summed E-state index contributed by atoms with van der Waals surface area (Å²) in [5.41, 5.74) is 3.08. The van der Waals surface area contributed by atoms with Gasteiger partial charge in [0.2, 0.25) is 5.76 Å². The van der Waals surface area contributed by atoms with Gasteiger partial charge in [0.1, 0.15) is 23.7 Å². The normalized spacial score (nSPS) is 11.0. The molecule has 0 bridgehead atoms. The lowest BCUT2D eigenvalue weighted by Crippen LogP contribution is -2.02. The molecule has 2 heterocycles. The summed E-state index contributed by atoms with van der Waals surface area (Å²) in [4.78, 5) is 23.2. The number of hydrogen-bond donors (Lipinski definition) is 1. The van der Waals surface area contributed by atoms with E-state index in [2.05, 4.69) is 0 Å². The van der Waals surface area contributed by atoms with Gasteiger partial charge in [-0.1, -0.05) is 30.3 Å². The molecule has 29 heavy (non-hydrogen) atoms. The van der Waals surface area contributed by atoms with E-state index in [4.69, 9.17) is 18.7 Å². The Balaban J connectivity index is 1.71. The van der Waals surface area contributed by atoms with Gasteiger partial charge >= 0.3 is 11.6 Å². The first-order valence-corrected chi connectivity index (χ1v) is 9.02. The highest BCUT2D eigenvalue weighted by Crippen LogP contribution is 2.33. The van der Waals surface area contributed by atoms with Gasteiger partial charge in [0.15, 0.2) is 0 Å². The average Bonchev–Trinajstić information content (AvgIpc) is 3.09. The van der Waals surface area contributed by atoms with E-state index in [1.165, 1.54) is 12.1 Å². The quantitative estimate of drug-likeness (QED) is 0.485. The van der Waals surface area contributed by atoms with Crippen molar-refractivity contribution in [3.05, 3.63) is 87.7 Å². The first-order valence-electron chi connectivity index (χ1n) is 9.02. The fraction of sp³-hybridized carbons (Fsp3) is 0.130. The second kappa shape index (κ2) is 7.31. The predicted octanol–water partition coefficient (Wildman–Crippen LogP) is 4.95. The molecule has 0 fully saturated rings. The van der Waals surface area contributed by atoms with Crippen molar-refractivity contribution in [1.29, 1.82) is 0 Å². The van der Waals surface area contributed by atoms with Crippen LogP contribution in [0.25, 0.3) is 22.1 Å². The number of carboxylic acid groups (broad SMARTS) is 1. The monoisotopic (exact) mass is 390 g/mol. The van der Waals surface area contributed by atoms with E-state index in [-0.39, 0.29) is 12.4 Å². The smallest absolute Gasteiger partial charge is 0.371 e. The molecule has 146 valence electrons. The average molecular weight is 390 g/mol. The van der Waals surface area contributed by atoms with Gasteiger partial charge in [-0.2, -0.15) is 0 Å². The lowest BCUT2D eigenvalue weighted by atomic mass is 10.0. The molecule has 0 unspecified atom stereocenters. The van der Waals surface area contributed by atoms with Crippen LogP contribution in [0.1, 0.15) is 27.4 Å². The minimum atomic E-state index is -1.13. The number of benzene rings is 2. The summed E-state index contributed by atoms with van der Waals surface area (Å²) in [5, 5.41) is 9.85. The van der Waals surface area contributed by atoms with Gasteiger partial charge in [-0.3, -0.25) is 0 Å². The Kier molecular flexibility index (Phi) is 4.68. The molecular weight excluding hydrogens is 372 g/mol. The first kappa shape index (κ1) is 18.6. The summed E-state index contributed by atoms with van der Waals surface area (Å²) >= 11 is 0. The third-order valence-corrected chi connectivity index (χ3v) is 4.81. The minimum Gasteiger partial charge on any atom is -0.488 e. The van der Waals surface area contributed by atoms with E-state index >= 15 is 0 Å². The van der Waals surface area contributed by atoms with Crippen LogP contribution < -0.4 is 10.4 Å². The van der Waals surface area contributed by atoms with E-state index in [0.717, 1.165) is 16.5 Å². The molecule has 0 atom stereocenters. The Morgan fingerprint density at radius 2 is 1.79 bits per heavy atom. The zero-order valence-electron chi connectivity index (χ0n) is 15.9. The lowest BCUT2D eigenvalue weighted by molar-refractivity contribution is 0.0661. The summed E-state index contributed by atoms with van der Waals surface area (Å²) < 4.78 is 16.6. The van der Waals surface area contributed by atoms with Crippen LogP contribution in [0.4, 0.5) is 0 Å². The molecule has 2 aromatic heterocycles. The zero-order valence-corrected chi connectivity index (χ0v) is 15.9. The molecule has 0 aliphatic heterocycles. The molecule has 2 aromatic carbocycles. The molecule has 0 spiro atoms. The van der Waals surface area contributed by atoms with Crippen LogP contribution >= 0.6 is 0 Å². The highest BCUT2D eigenvalue weighted by atomic mass is 16.5. The molecule has 0 saturated carbocycles. The number of aryl methyl sites for hydroxylation is 2. The molecule has 4 aromatic rings. The lowest BCUT2D eigenvalue weighted by Gasteiger charge is -2.12. The minimum absolute atomic E-state index is 0.130. The fourth-order valence-electron chi connectivity index (χ4n) is 3.28. The van der Waals surface area contributed by atoms with E-state index < -0.39 is 11.6 Å². The molecule has 4 rings (SSSR count). The van der Waals surface area contributed by atoms with Gasteiger partial charge < -0.3 is 18.7 Å². The van der Waals surface area contributed by atoms with Gasteiger partial charge in [0, 0.05) is 22.6 Å². The van der Waals surface area contributed by atoms with Crippen molar-refractivity contribution in [3.8, 4) is 16.9 Å². The third-order valence-electron chi connectivity index (χ3n) is 4.81. The van der Waals surface area contributed by atoms with Gasteiger partial charge in [-0.15, -0.1) is 0 Å². The molecule has 0 radical (unpaired) electrons. The molecular formula is C23H18O6. The summed E-state index contributed by atoms with van der Waals surface area (Å²) in [6.07, 6.45) is 0. The van der Waals surface area contributed by atoms with E-state index in [0.29, 0.717) is 28.2 Å². The van der Waals surface area contributed by atoms with Crippen molar-refractivity contribution in [2.75, 3.05) is 0 Å². The number of ether oxygens (including phenoxy) is 1. The second-order valence-electron chi connectivity index (χ2n) is 6.70. The highest BCUT2D eigenvalue weighted by Gasteiger charge is 2.16. The van der Waals surface area contributed by atoms with Crippen molar-refractivity contribution < 1.29 is 23.5 Å². The van der Waals surface area contributed by atoms with Crippen LogP contribution in [0, 0.1) is 13.8 Å². The standard InChI is InChI=1S/C23H18O6/c1-13-19(27-12-16-10-20(23(25)26)28-14(16)2)9-8-17-18(11-21(24)29-22(13)17)15-6-4-3-5-7-15/h3-11H,12H2,1-2H3,(H,25,26). The van der Waals surface area contributed by atoms with Crippen molar-refractivity contribution in [2.24, 2.45) is 0 Å². The summed E-state index contributed by atoms with van der Waals surface area (Å²) in [5.74, 6) is -0.228. The van der Waals surface area contributed by atoms with Gasteiger partial charge in [-0.25, -0.2) is 9.59 Å². The Bertz CT molecular complexity index is 1260. The second-order valence-corrected chi connectivity index (χ2v) is 6.70. The van der Waals surface area contributed by atoms with Crippen LogP contribution in [-0.4, -0.2) is 11.1 Å². The maximum absolute atomic E-state index is 12.2. The Morgan fingerprint density at radius 3 is 2.48 bits per heavy atom.